The maximum Gasteiger partial charge on any atom is 0.140 e. The van der Waals surface area contributed by atoms with Crippen LogP contribution in [0.1, 0.15) is 0 Å². The zero-order valence-corrected chi connectivity index (χ0v) is 9.77. The molecule has 0 radical (unpaired) electrons. The van der Waals surface area contributed by atoms with E-state index in [4.69, 9.17) is 10.00 Å². The van der Waals surface area contributed by atoms with E-state index in [1.54, 1.807) is 0 Å². The largest absolute Gasteiger partial charge is 0.376 e. The highest BCUT2D eigenvalue weighted by Gasteiger charge is 2.22. The molecule has 0 aromatic heterocycles. The normalized spacial score (nSPS) is 21.1. The molecule has 1 aromatic carbocycles. The molecule has 0 amide bonds. The molecule has 0 bridgehead atoms. The fraction of sp³-hybridized carbons (Fsp3) is 0.364. The van der Waals surface area contributed by atoms with Gasteiger partial charge >= 0.3 is 0 Å². The molecule has 1 aliphatic heterocycles. The smallest absolute Gasteiger partial charge is 0.140 e. The lowest BCUT2D eigenvalue weighted by atomic mass is 10.2. The zero-order valence-electron chi connectivity index (χ0n) is 8.19. The number of hydrogen-bond donors (Lipinski definition) is 0. The van der Waals surface area contributed by atoms with Gasteiger partial charge in [-0.2, -0.15) is 5.26 Å². The van der Waals surface area contributed by atoms with Crippen molar-refractivity contribution in [3.05, 3.63) is 28.7 Å². The summed E-state index contributed by atoms with van der Waals surface area (Å²) in [7, 11) is 0. The van der Waals surface area contributed by atoms with Crippen molar-refractivity contribution in [1.82, 2.24) is 0 Å². The van der Waals surface area contributed by atoms with Crippen LogP contribution >= 0.6 is 15.9 Å². The lowest BCUT2D eigenvalue weighted by molar-refractivity contribution is 0.107. The van der Waals surface area contributed by atoms with Gasteiger partial charge in [0.15, 0.2) is 0 Å². The first-order valence-corrected chi connectivity index (χ1v) is 5.60. The second-order valence-electron chi connectivity index (χ2n) is 3.39. The van der Waals surface area contributed by atoms with Gasteiger partial charge in [-0.15, -0.1) is 0 Å². The molecule has 1 fully saturated rings. The number of anilines is 1. The first-order chi connectivity index (χ1) is 7.31. The molecule has 0 N–H and O–H groups in total. The highest BCUT2D eigenvalue weighted by Crippen LogP contribution is 2.23. The molecule has 1 heterocycles. The minimum atomic E-state index is -0.173. The molecule has 1 unspecified atom stereocenters. The van der Waals surface area contributed by atoms with Gasteiger partial charge in [-0.1, -0.05) is 22.0 Å². The van der Waals surface area contributed by atoms with Crippen molar-refractivity contribution < 1.29 is 4.74 Å². The molecule has 4 heteroatoms. The topological polar surface area (TPSA) is 36.3 Å². The molecule has 0 spiro atoms. The van der Waals surface area contributed by atoms with E-state index in [1.165, 1.54) is 0 Å². The van der Waals surface area contributed by atoms with Crippen molar-refractivity contribution in [2.45, 2.75) is 6.04 Å². The fourth-order valence-corrected chi connectivity index (χ4v) is 2.06. The zero-order chi connectivity index (χ0) is 10.7. The van der Waals surface area contributed by atoms with Crippen LogP contribution in [0.2, 0.25) is 0 Å². The summed E-state index contributed by atoms with van der Waals surface area (Å²) in [5, 5.41) is 9.01. The van der Waals surface area contributed by atoms with E-state index in [0.29, 0.717) is 13.2 Å². The van der Waals surface area contributed by atoms with Crippen LogP contribution in [-0.4, -0.2) is 25.8 Å². The van der Waals surface area contributed by atoms with Crippen LogP contribution < -0.4 is 4.90 Å². The molecule has 0 saturated carbocycles. The molecular weight excluding hydrogens is 256 g/mol. The molecule has 1 saturated heterocycles. The SMILES string of the molecule is N#CC1COCCN1c1cccc(Br)c1. The second-order valence-corrected chi connectivity index (χ2v) is 4.31. The van der Waals surface area contributed by atoms with Crippen molar-refractivity contribution in [3.8, 4) is 6.07 Å². The standard InChI is InChI=1S/C11H11BrN2O/c12-9-2-1-3-10(6-9)14-4-5-15-8-11(14)7-13/h1-3,6,11H,4-5,8H2. The average Bonchev–Trinajstić information content (AvgIpc) is 2.29. The Bertz CT molecular complexity index is 388. The minimum Gasteiger partial charge on any atom is -0.376 e. The van der Waals surface area contributed by atoms with Gasteiger partial charge in [-0.25, -0.2) is 0 Å². The predicted molar refractivity (Wildman–Crippen MR) is 61.7 cm³/mol. The number of morpholine rings is 1. The Balaban J connectivity index is 2.25. The first kappa shape index (κ1) is 10.5. The summed E-state index contributed by atoms with van der Waals surface area (Å²) in [5.41, 5.74) is 1.07. The fourth-order valence-electron chi connectivity index (χ4n) is 1.67. The van der Waals surface area contributed by atoms with Crippen LogP contribution in [0.3, 0.4) is 0 Å². The number of nitriles is 1. The van der Waals surface area contributed by atoms with E-state index >= 15 is 0 Å². The van der Waals surface area contributed by atoms with E-state index in [-0.39, 0.29) is 6.04 Å². The van der Waals surface area contributed by atoms with Crippen LogP contribution in [-0.2, 0) is 4.74 Å². The van der Waals surface area contributed by atoms with Gasteiger partial charge in [0.05, 0.1) is 19.3 Å². The van der Waals surface area contributed by atoms with Gasteiger partial charge in [0.25, 0.3) is 0 Å². The van der Waals surface area contributed by atoms with Crippen LogP contribution in [0.15, 0.2) is 28.7 Å². The van der Waals surface area contributed by atoms with Crippen molar-refractivity contribution in [3.63, 3.8) is 0 Å². The third-order valence-electron chi connectivity index (χ3n) is 2.42. The molecule has 2 rings (SSSR count). The van der Waals surface area contributed by atoms with E-state index in [0.717, 1.165) is 16.7 Å². The van der Waals surface area contributed by atoms with Gasteiger partial charge in [0.1, 0.15) is 6.04 Å². The summed E-state index contributed by atoms with van der Waals surface area (Å²) in [6.07, 6.45) is 0. The van der Waals surface area contributed by atoms with Crippen LogP contribution in [0.5, 0.6) is 0 Å². The van der Waals surface area contributed by atoms with Gasteiger partial charge in [0, 0.05) is 16.7 Å². The Kier molecular flexibility index (Phi) is 3.24. The third-order valence-corrected chi connectivity index (χ3v) is 2.91. The highest BCUT2D eigenvalue weighted by atomic mass is 79.9. The summed E-state index contributed by atoms with van der Waals surface area (Å²) >= 11 is 3.43. The van der Waals surface area contributed by atoms with E-state index < -0.39 is 0 Å². The number of hydrogen-bond acceptors (Lipinski definition) is 3. The summed E-state index contributed by atoms with van der Waals surface area (Å²) in [6.45, 7) is 1.95. The van der Waals surface area contributed by atoms with Crippen LogP contribution in [0, 0.1) is 11.3 Å². The van der Waals surface area contributed by atoms with Crippen LogP contribution in [0.4, 0.5) is 5.69 Å². The molecule has 15 heavy (non-hydrogen) atoms. The van der Waals surface area contributed by atoms with E-state index in [2.05, 4.69) is 26.9 Å². The monoisotopic (exact) mass is 266 g/mol. The van der Waals surface area contributed by atoms with Crippen molar-refractivity contribution >= 4 is 21.6 Å². The number of rotatable bonds is 1. The molecule has 1 aliphatic rings. The van der Waals surface area contributed by atoms with Crippen molar-refractivity contribution in [2.75, 3.05) is 24.7 Å². The second kappa shape index (κ2) is 4.65. The van der Waals surface area contributed by atoms with Gasteiger partial charge in [0.2, 0.25) is 0 Å². The summed E-state index contributed by atoms with van der Waals surface area (Å²) in [4.78, 5) is 2.08. The molecule has 3 nitrogen and oxygen atoms in total. The molecule has 1 atom stereocenters. The molecule has 0 aliphatic carbocycles. The number of nitrogens with zero attached hydrogens (tertiary/aromatic N) is 2. The Hall–Kier alpha value is -1.05. The molecular formula is C11H11BrN2O. The van der Waals surface area contributed by atoms with Gasteiger partial charge < -0.3 is 9.64 Å². The lowest BCUT2D eigenvalue weighted by Gasteiger charge is -2.33. The lowest BCUT2D eigenvalue weighted by Crippen LogP contribution is -2.44. The van der Waals surface area contributed by atoms with E-state index in [1.807, 2.05) is 24.3 Å². The Morgan fingerprint density at radius 2 is 2.40 bits per heavy atom. The van der Waals surface area contributed by atoms with Gasteiger partial charge in [-0.05, 0) is 18.2 Å². The molecule has 78 valence electrons. The maximum atomic E-state index is 9.01. The summed E-state index contributed by atoms with van der Waals surface area (Å²) in [5.74, 6) is 0. The Morgan fingerprint density at radius 1 is 1.53 bits per heavy atom. The third kappa shape index (κ3) is 2.31. The number of halogens is 1. The van der Waals surface area contributed by atoms with Crippen molar-refractivity contribution in [2.24, 2.45) is 0 Å². The minimum absolute atomic E-state index is 0.173. The first-order valence-electron chi connectivity index (χ1n) is 4.81. The summed E-state index contributed by atoms with van der Waals surface area (Å²) in [6, 6.07) is 10.1. The maximum absolute atomic E-state index is 9.01. The molecule has 1 aromatic rings. The van der Waals surface area contributed by atoms with E-state index in [9.17, 15) is 0 Å². The Morgan fingerprint density at radius 3 is 3.13 bits per heavy atom. The van der Waals surface area contributed by atoms with Gasteiger partial charge in [-0.3, -0.25) is 0 Å². The average molecular weight is 267 g/mol. The number of benzene rings is 1. The predicted octanol–water partition coefficient (Wildman–Crippen LogP) is 2.18. The van der Waals surface area contributed by atoms with Crippen molar-refractivity contribution in [1.29, 1.82) is 5.26 Å². The van der Waals surface area contributed by atoms with Crippen LogP contribution in [0.25, 0.3) is 0 Å². The highest BCUT2D eigenvalue weighted by molar-refractivity contribution is 9.10. The number of ether oxygens (including phenoxy) is 1. The Labute approximate surface area is 97.4 Å². The quantitative estimate of drug-likeness (QED) is 0.782. The summed E-state index contributed by atoms with van der Waals surface area (Å²) < 4.78 is 6.31.